The first kappa shape index (κ1) is 52.9. The van der Waals surface area contributed by atoms with Gasteiger partial charge in [0.15, 0.2) is 0 Å². The van der Waals surface area contributed by atoms with E-state index < -0.39 is 11.1 Å². The second kappa shape index (κ2) is 23.2. The summed E-state index contributed by atoms with van der Waals surface area (Å²) in [4.78, 5) is 27.8. The Balaban J connectivity index is 1.01. The number of benzene rings is 12. The molecule has 7 nitrogen and oxygen atoms in total. The van der Waals surface area contributed by atoms with Crippen LogP contribution in [0.15, 0.2) is 328 Å². The second-order valence-electron chi connectivity index (χ2n) is 21.5. The van der Waals surface area contributed by atoms with Crippen molar-refractivity contribution in [2.24, 2.45) is 0 Å². The van der Waals surface area contributed by atoms with Crippen molar-refractivity contribution in [1.29, 1.82) is 0 Å². The van der Waals surface area contributed by atoms with E-state index in [1.54, 1.807) is 0 Å². The van der Waals surface area contributed by atoms with Gasteiger partial charge in [0.1, 0.15) is 58.8 Å². The first-order valence-corrected chi connectivity index (χ1v) is 29.0. The summed E-state index contributed by atoms with van der Waals surface area (Å²) in [7, 11) is 0. The summed E-state index contributed by atoms with van der Waals surface area (Å²) in [5.41, 5.74) is 8.13. The molecule has 0 saturated carbocycles. The fourth-order valence-electron chi connectivity index (χ4n) is 12.5. The molecule has 86 heavy (non-hydrogen) atoms. The topological polar surface area (TPSA) is 71.2 Å². The van der Waals surface area contributed by atoms with Gasteiger partial charge < -0.3 is 18.6 Å². The minimum absolute atomic E-state index is 0.228. The Bertz CT molecular complexity index is 4140. The molecular formula is C79H58N4O3. The number of aromatic nitrogens is 4. The zero-order valence-electron chi connectivity index (χ0n) is 47.1. The average molecular weight is 1110 g/mol. The van der Waals surface area contributed by atoms with Crippen molar-refractivity contribution in [1.82, 2.24) is 19.1 Å². The van der Waals surface area contributed by atoms with Crippen LogP contribution in [0.1, 0.15) is 60.7 Å². The molecule has 14 aromatic rings. The lowest BCUT2D eigenvalue weighted by Crippen LogP contribution is -2.38. The Morgan fingerprint density at radius 3 is 0.919 bits per heavy atom. The zero-order chi connectivity index (χ0) is 57.7. The van der Waals surface area contributed by atoms with Crippen LogP contribution in [0.2, 0.25) is 0 Å². The van der Waals surface area contributed by atoms with E-state index in [1.165, 1.54) is 0 Å². The minimum Gasteiger partial charge on any atom is -0.489 e. The van der Waals surface area contributed by atoms with Gasteiger partial charge in [0.25, 0.3) is 0 Å². The molecule has 14 rings (SSSR count). The molecule has 0 aliphatic rings. The van der Waals surface area contributed by atoms with Crippen LogP contribution in [0.5, 0.6) is 11.5 Å². The third-order valence-electron chi connectivity index (χ3n) is 16.4. The Labute approximate surface area is 500 Å². The van der Waals surface area contributed by atoms with Crippen molar-refractivity contribution in [3.05, 3.63) is 384 Å². The number of ether oxygens (including phenoxy) is 2. The van der Waals surface area contributed by atoms with Crippen LogP contribution in [0.25, 0.3) is 44.3 Å². The molecule has 7 heteroatoms. The monoisotopic (exact) mass is 1110 g/mol. The van der Waals surface area contributed by atoms with Crippen LogP contribution in [0, 0.1) is 0 Å². The Morgan fingerprint density at radius 2 is 0.616 bits per heavy atom. The lowest BCUT2D eigenvalue weighted by molar-refractivity contribution is 0.103. The Hall–Kier alpha value is -11.2. The molecule has 2 heterocycles. The molecule has 0 unspecified atom stereocenters. The third kappa shape index (κ3) is 9.71. The van der Waals surface area contributed by atoms with Crippen molar-refractivity contribution < 1.29 is 14.3 Å². The van der Waals surface area contributed by atoms with Crippen molar-refractivity contribution in [3.8, 4) is 34.3 Å². The zero-order valence-corrected chi connectivity index (χ0v) is 47.1. The molecule has 0 N–H and O–H groups in total. The molecule has 0 fully saturated rings. The van der Waals surface area contributed by atoms with E-state index in [4.69, 9.17) is 19.4 Å². The number of carbonyl (C=O) groups excluding carboxylic acids is 1. The van der Waals surface area contributed by atoms with Gasteiger partial charge in [-0.15, -0.1) is 0 Å². The Morgan fingerprint density at radius 1 is 0.326 bits per heavy atom. The van der Waals surface area contributed by atoms with Gasteiger partial charge in [-0.05, 0) is 102 Å². The summed E-state index contributed by atoms with van der Waals surface area (Å²) < 4.78 is 17.3. The Kier molecular flexibility index (Phi) is 14.3. The van der Waals surface area contributed by atoms with E-state index in [0.29, 0.717) is 24.9 Å². The molecule has 0 saturated heterocycles. The number of nitrogens with zero attached hydrogens (tertiary/aromatic N) is 4. The van der Waals surface area contributed by atoms with E-state index in [0.717, 1.165) is 88.7 Å². The maximum atomic E-state index is 16.5. The van der Waals surface area contributed by atoms with E-state index in [1.807, 2.05) is 97.3 Å². The van der Waals surface area contributed by atoms with Crippen LogP contribution in [-0.4, -0.2) is 24.9 Å². The fourth-order valence-corrected chi connectivity index (χ4v) is 12.5. The van der Waals surface area contributed by atoms with Crippen LogP contribution < -0.4 is 9.47 Å². The third-order valence-corrected chi connectivity index (χ3v) is 16.4. The van der Waals surface area contributed by atoms with E-state index in [9.17, 15) is 0 Å². The van der Waals surface area contributed by atoms with Gasteiger partial charge in [0.2, 0.25) is 5.78 Å². The molecule has 0 spiro atoms. The highest BCUT2D eigenvalue weighted by Crippen LogP contribution is 2.47. The highest BCUT2D eigenvalue weighted by atomic mass is 16.5. The predicted molar refractivity (Wildman–Crippen MR) is 345 cm³/mol. The summed E-state index contributed by atoms with van der Waals surface area (Å²) >= 11 is 0. The van der Waals surface area contributed by atoms with Gasteiger partial charge in [0, 0.05) is 23.5 Å². The number of fused-ring (bicyclic) bond motifs is 2. The van der Waals surface area contributed by atoms with Gasteiger partial charge >= 0.3 is 0 Å². The normalized spacial score (nSPS) is 11.6. The van der Waals surface area contributed by atoms with E-state index in [-0.39, 0.29) is 17.2 Å². The standard InChI is InChI=1S/C79H58N4O3/c84-75(73-53-82(78(61-33-13-3-14-34-61,62-35-15-4-16-36-62)63-37-17-5-18-38-63)76(80-73)71-45-25-31-59-51-67(47-49-69(59)71)85-55-57-27-9-1-10-28-57)74-54-83(79(64-39-19-6-20-40-64,65-41-21-7-22-42-65)66-43-23-8-24-44-66)77(81-74)72-46-26-32-60-52-68(48-50-70(60)72)86-56-58-29-11-2-12-30-58/h1-54H,55-56H2. The molecule has 0 bridgehead atoms. The molecule has 0 aliphatic heterocycles. The van der Waals surface area contributed by atoms with Gasteiger partial charge in [-0.2, -0.15) is 0 Å². The second-order valence-corrected chi connectivity index (χ2v) is 21.5. The van der Waals surface area contributed by atoms with E-state index in [2.05, 4.69) is 240 Å². The fraction of sp³-hybridized carbons (Fsp3) is 0.0506. The number of rotatable bonds is 18. The molecule has 412 valence electrons. The summed E-state index contributed by atoms with van der Waals surface area (Å²) in [6, 6.07) is 108. The van der Waals surface area contributed by atoms with Crippen molar-refractivity contribution in [2.75, 3.05) is 0 Å². The van der Waals surface area contributed by atoms with Crippen LogP contribution in [-0.2, 0) is 24.3 Å². The molecule has 2 aromatic heterocycles. The van der Waals surface area contributed by atoms with Gasteiger partial charge in [0.05, 0.1) is 0 Å². The lowest BCUT2D eigenvalue weighted by Gasteiger charge is -2.38. The van der Waals surface area contributed by atoms with Crippen LogP contribution in [0.3, 0.4) is 0 Å². The summed E-state index contributed by atoms with van der Waals surface area (Å²) in [5, 5.41) is 3.83. The number of hydrogen-bond acceptors (Lipinski definition) is 5. The number of imidazole rings is 2. The SMILES string of the molecule is O=C(c1cn(C(c2ccccc2)(c2ccccc2)c2ccccc2)c(-c2cccc3cc(OCc4ccccc4)ccc23)n1)c1cn(C(c2ccccc2)(c2ccccc2)c2ccccc2)c(-c2cccc3cc(OCc4ccccc4)ccc23)n1. The van der Waals surface area contributed by atoms with Gasteiger partial charge in [-0.3, -0.25) is 4.79 Å². The summed E-state index contributed by atoms with van der Waals surface area (Å²) in [6.07, 6.45) is 3.90. The van der Waals surface area contributed by atoms with E-state index >= 15 is 4.79 Å². The first-order chi connectivity index (χ1) is 42.6. The largest absolute Gasteiger partial charge is 0.489 e. The maximum absolute atomic E-state index is 16.5. The maximum Gasteiger partial charge on any atom is 0.232 e. The van der Waals surface area contributed by atoms with Crippen molar-refractivity contribution in [2.45, 2.75) is 24.3 Å². The summed E-state index contributed by atoms with van der Waals surface area (Å²) in [5.74, 6) is 2.35. The minimum atomic E-state index is -1.05. The van der Waals surface area contributed by atoms with Gasteiger partial charge in [-0.25, -0.2) is 9.97 Å². The quantitative estimate of drug-likeness (QED) is 0.0632. The average Bonchev–Trinajstić information content (AvgIpc) is 2.60. The van der Waals surface area contributed by atoms with Crippen LogP contribution >= 0.6 is 0 Å². The molecule has 0 aliphatic carbocycles. The van der Waals surface area contributed by atoms with Crippen molar-refractivity contribution in [3.63, 3.8) is 0 Å². The molecule has 0 radical (unpaired) electrons. The van der Waals surface area contributed by atoms with Crippen molar-refractivity contribution >= 4 is 27.3 Å². The molecule has 0 atom stereocenters. The van der Waals surface area contributed by atoms with Gasteiger partial charge in [-0.1, -0.05) is 279 Å². The first-order valence-electron chi connectivity index (χ1n) is 29.0. The number of ketones is 1. The highest BCUT2D eigenvalue weighted by molar-refractivity contribution is 6.08. The highest BCUT2D eigenvalue weighted by Gasteiger charge is 2.44. The molecule has 12 aromatic carbocycles. The molecular weight excluding hydrogens is 1050 g/mol. The van der Waals surface area contributed by atoms with Crippen LogP contribution in [0.4, 0.5) is 0 Å². The lowest BCUT2D eigenvalue weighted by atomic mass is 9.76. The summed E-state index contributed by atoms with van der Waals surface area (Å²) in [6.45, 7) is 0.865. The smallest absolute Gasteiger partial charge is 0.232 e. The number of hydrogen-bond donors (Lipinski definition) is 0. The predicted octanol–water partition coefficient (Wildman–Crippen LogP) is 17.8. The number of carbonyl (C=O) groups is 1. The molecule has 0 amide bonds.